The third-order valence-electron chi connectivity index (χ3n) is 4.04. The summed E-state index contributed by atoms with van der Waals surface area (Å²) in [5.74, 6) is 2.19. The van der Waals surface area contributed by atoms with Crippen molar-refractivity contribution >= 4 is 23.4 Å². The van der Waals surface area contributed by atoms with E-state index in [1.165, 1.54) is 11.8 Å². The first-order chi connectivity index (χ1) is 13.1. The van der Waals surface area contributed by atoms with Gasteiger partial charge in [0.1, 0.15) is 5.82 Å². The summed E-state index contributed by atoms with van der Waals surface area (Å²) in [4.78, 5) is 12.3. The van der Waals surface area contributed by atoms with Gasteiger partial charge in [-0.25, -0.2) is 0 Å². The second kappa shape index (κ2) is 7.32. The van der Waals surface area contributed by atoms with Crippen LogP contribution in [-0.4, -0.2) is 33.2 Å². The Bertz CT molecular complexity index is 1000. The number of benzene rings is 2. The Morgan fingerprint density at radius 3 is 2.85 bits per heavy atom. The zero-order valence-corrected chi connectivity index (χ0v) is 15.7. The average molecular weight is 382 g/mol. The molecule has 0 bridgehead atoms. The number of anilines is 1. The summed E-state index contributed by atoms with van der Waals surface area (Å²) in [5, 5.41) is 11.9. The third kappa shape index (κ3) is 3.75. The van der Waals surface area contributed by atoms with E-state index in [2.05, 4.69) is 21.6 Å². The minimum Gasteiger partial charge on any atom is -0.454 e. The molecule has 2 heterocycles. The number of hydrogen-bond donors (Lipinski definition) is 1. The number of aryl methyl sites for hydroxylation is 2. The molecule has 1 aliphatic heterocycles. The lowest BCUT2D eigenvalue weighted by Gasteiger charge is -2.09. The first-order valence-corrected chi connectivity index (χ1v) is 9.40. The van der Waals surface area contributed by atoms with E-state index in [1.54, 1.807) is 18.2 Å². The largest absolute Gasteiger partial charge is 0.454 e. The monoisotopic (exact) mass is 382 g/mol. The van der Waals surface area contributed by atoms with E-state index < -0.39 is 0 Å². The molecule has 0 atom stereocenters. The summed E-state index contributed by atoms with van der Waals surface area (Å²) in [7, 11) is 0. The fourth-order valence-electron chi connectivity index (χ4n) is 2.80. The van der Waals surface area contributed by atoms with Gasteiger partial charge in [-0.15, -0.1) is 10.2 Å². The van der Waals surface area contributed by atoms with Gasteiger partial charge >= 0.3 is 0 Å². The van der Waals surface area contributed by atoms with Gasteiger partial charge in [0.05, 0.1) is 5.75 Å². The maximum Gasteiger partial charge on any atom is 0.234 e. The number of fused-ring (bicyclic) bond motifs is 1. The average Bonchev–Trinajstić information content (AvgIpc) is 3.26. The molecule has 0 saturated heterocycles. The molecule has 0 fully saturated rings. The summed E-state index contributed by atoms with van der Waals surface area (Å²) in [6.07, 6.45) is 0. The fraction of sp³-hybridized carbons (Fsp3) is 0.211. The molecule has 0 unspecified atom stereocenters. The van der Waals surface area contributed by atoms with E-state index in [9.17, 15) is 4.79 Å². The lowest BCUT2D eigenvalue weighted by atomic mass is 10.2. The van der Waals surface area contributed by atoms with E-state index >= 15 is 0 Å². The molecule has 4 rings (SSSR count). The number of ether oxygens (including phenoxy) is 2. The Morgan fingerprint density at radius 2 is 2.00 bits per heavy atom. The number of aromatic nitrogens is 3. The molecule has 2 aromatic carbocycles. The van der Waals surface area contributed by atoms with Crippen LogP contribution in [0, 0.1) is 13.8 Å². The second-order valence-electron chi connectivity index (χ2n) is 6.11. The highest BCUT2D eigenvalue weighted by Crippen LogP contribution is 2.34. The quantitative estimate of drug-likeness (QED) is 0.682. The molecule has 0 saturated carbocycles. The van der Waals surface area contributed by atoms with Gasteiger partial charge < -0.3 is 14.8 Å². The summed E-state index contributed by atoms with van der Waals surface area (Å²) < 4.78 is 12.5. The van der Waals surface area contributed by atoms with Crippen molar-refractivity contribution in [1.29, 1.82) is 0 Å². The van der Waals surface area contributed by atoms with Crippen molar-refractivity contribution in [3.63, 3.8) is 0 Å². The molecule has 7 nitrogen and oxygen atoms in total. The summed E-state index contributed by atoms with van der Waals surface area (Å²) in [6.45, 7) is 4.14. The minimum atomic E-state index is -0.129. The van der Waals surface area contributed by atoms with Crippen LogP contribution in [0.4, 0.5) is 5.69 Å². The minimum absolute atomic E-state index is 0.129. The molecule has 1 N–H and O–H groups in total. The highest BCUT2D eigenvalue weighted by Gasteiger charge is 2.16. The first-order valence-electron chi connectivity index (χ1n) is 8.41. The van der Waals surface area contributed by atoms with Gasteiger partial charge in [-0.2, -0.15) is 0 Å². The summed E-state index contributed by atoms with van der Waals surface area (Å²) in [5.41, 5.74) is 2.80. The van der Waals surface area contributed by atoms with Crippen LogP contribution < -0.4 is 14.8 Å². The maximum atomic E-state index is 12.3. The fourth-order valence-corrected chi connectivity index (χ4v) is 3.60. The zero-order chi connectivity index (χ0) is 18.8. The van der Waals surface area contributed by atoms with Crippen molar-refractivity contribution in [1.82, 2.24) is 14.8 Å². The number of carbonyl (C=O) groups excluding carboxylic acids is 1. The van der Waals surface area contributed by atoms with Gasteiger partial charge in [-0.3, -0.25) is 9.36 Å². The van der Waals surface area contributed by atoms with E-state index in [0.29, 0.717) is 22.3 Å². The van der Waals surface area contributed by atoms with E-state index in [1.807, 2.05) is 36.6 Å². The van der Waals surface area contributed by atoms with Gasteiger partial charge in [0.25, 0.3) is 0 Å². The van der Waals surface area contributed by atoms with Crippen molar-refractivity contribution in [2.24, 2.45) is 0 Å². The highest BCUT2D eigenvalue weighted by atomic mass is 32.2. The van der Waals surface area contributed by atoms with E-state index in [0.717, 1.165) is 17.1 Å². The van der Waals surface area contributed by atoms with Crippen LogP contribution in [0.2, 0.25) is 0 Å². The molecule has 1 aliphatic rings. The number of amides is 1. The third-order valence-corrected chi connectivity index (χ3v) is 4.97. The van der Waals surface area contributed by atoms with Gasteiger partial charge in [-0.1, -0.05) is 23.9 Å². The molecule has 8 heteroatoms. The molecular formula is C19H18N4O3S. The van der Waals surface area contributed by atoms with Crippen molar-refractivity contribution in [2.45, 2.75) is 19.0 Å². The van der Waals surface area contributed by atoms with Crippen molar-refractivity contribution in [2.75, 3.05) is 17.9 Å². The van der Waals surface area contributed by atoms with Crippen LogP contribution in [-0.2, 0) is 4.79 Å². The Kier molecular flexibility index (Phi) is 4.72. The number of thioether (sulfide) groups is 1. The maximum absolute atomic E-state index is 12.3. The van der Waals surface area contributed by atoms with Crippen LogP contribution in [0.5, 0.6) is 11.5 Å². The van der Waals surface area contributed by atoms with Gasteiger partial charge in [0.15, 0.2) is 16.7 Å². The number of carbonyl (C=O) groups is 1. The van der Waals surface area contributed by atoms with Crippen LogP contribution in [0.15, 0.2) is 47.6 Å². The smallest absolute Gasteiger partial charge is 0.234 e. The van der Waals surface area contributed by atoms with Crippen LogP contribution in [0.1, 0.15) is 11.4 Å². The predicted molar refractivity (Wildman–Crippen MR) is 103 cm³/mol. The molecule has 1 aromatic heterocycles. The number of hydrogen-bond acceptors (Lipinski definition) is 6. The van der Waals surface area contributed by atoms with Crippen molar-refractivity contribution < 1.29 is 14.3 Å². The zero-order valence-electron chi connectivity index (χ0n) is 14.9. The standard InChI is InChI=1S/C19H18N4O3S/c1-12-4-3-5-15(8-12)23-13(2)21-22-19(23)27-10-18(24)20-14-6-7-16-17(9-14)26-11-25-16/h3-9H,10-11H2,1-2H3,(H,20,24). The Hall–Kier alpha value is -3.00. The predicted octanol–water partition coefficient (Wildman–Crippen LogP) is 3.34. The van der Waals surface area contributed by atoms with Crippen LogP contribution in [0.25, 0.3) is 5.69 Å². The molecule has 138 valence electrons. The Labute approximate surface area is 160 Å². The lowest BCUT2D eigenvalue weighted by molar-refractivity contribution is -0.113. The normalized spacial score (nSPS) is 12.2. The molecular weight excluding hydrogens is 364 g/mol. The van der Waals surface area contributed by atoms with Crippen molar-refractivity contribution in [3.8, 4) is 17.2 Å². The molecule has 0 aliphatic carbocycles. The number of nitrogens with one attached hydrogen (secondary N) is 1. The van der Waals surface area contributed by atoms with Gasteiger partial charge in [0.2, 0.25) is 12.7 Å². The summed E-state index contributed by atoms with van der Waals surface area (Å²) >= 11 is 1.34. The molecule has 0 radical (unpaired) electrons. The molecule has 1 amide bonds. The van der Waals surface area contributed by atoms with Crippen LogP contribution in [0.3, 0.4) is 0 Å². The SMILES string of the molecule is Cc1cccc(-n2c(C)nnc2SCC(=O)Nc2ccc3c(c2)OCO3)c1. The molecule has 27 heavy (non-hydrogen) atoms. The van der Waals surface area contributed by atoms with E-state index in [-0.39, 0.29) is 18.5 Å². The number of rotatable bonds is 5. The molecule has 3 aromatic rings. The number of nitrogens with zero attached hydrogens (tertiary/aromatic N) is 3. The Morgan fingerprint density at radius 1 is 1.15 bits per heavy atom. The first kappa shape index (κ1) is 17.4. The molecule has 0 spiro atoms. The lowest BCUT2D eigenvalue weighted by Crippen LogP contribution is -2.14. The summed E-state index contributed by atoms with van der Waals surface area (Å²) in [6, 6.07) is 13.4. The second-order valence-corrected chi connectivity index (χ2v) is 7.05. The van der Waals surface area contributed by atoms with Gasteiger partial charge in [-0.05, 0) is 43.7 Å². The Balaban J connectivity index is 1.44. The van der Waals surface area contributed by atoms with E-state index in [4.69, 9.17) is 9.47 Å². The highest BCUT2D eigenvalue weighted by molar-refractivity contribution is 7.99. The van der Waals surface area contributed by atoms with Crippen molar-refractivity contribution in [3.05, 3.63) is 53.9 Å². The topological polar surface area (TPSA) is 78.3 Å². The van der Waals surface area contributed by atoms with Crippen LogP contribution >= 0.6 is 11.8 Å². The van der Waals surface area contributed by atoms with Gasteiger partial charge in [0, 0.05) is 17.4 Å².